The minimum absolute atomic E-state index is 0. The molecule has 5 aliphatic rings. The molecule has 0 spiro atoms. The summed E-state index contributed by atoms with van der Waals surface area (Å²) in [4.78, 5) is 184. The summed E-state index contributed by atoms with van der Waals surface area (Å²) in [5.41, 5.74) is 4.92. The van der Waals surface area contributed by atoms with E-state index >= 15 is 0 Å². The van der Waals surface area contributed by atoms with Crippen LogP contribution < -0.4 is 0 Å². The highest BCUT2D eigenvalue weighted by molar-refractivity contribution is 7.87. The van der Waals surface area contributed by atoms with E-state index in [0.29, 0.717) is 100 Å². The Balaban J connectivity index is 0.000000183. The van der Waals surface area contributed by atoms with Crippen molar-refractivity contribution in [2.24, 2.45) is 0 Å². The maximum absolute atomic E-state index is 12.8. The standard InChI is InChI=1S/2C20H19NO7S.C19H17NO8S.C19H17NO7S.C18H15NO7S.CH4/c1-3-4-12-27-17(22)11-9-13-8-10-16-18-14(13)6-5-7-15(18)19(23)21(20(16)24)28-29(2,25)26;1-3-4-10-27-17(22)9-8-13-11-14-6-5-7-15-18(14)16(12-13)20(24)21(19(15)23)28-29(2,25)26;1-26-10-11-27-16(21)9-7-12-6-8-15-17-13(12)4-3-5-14(17)18(22)20(19(15)23)28-29(2,24)25;1-4-26-16(21)10-11(2)12-8-9-15-17-13(12)6-5-7-14(17)18(22)20(19(15)23)27-28(3,24)25;1-11(20)25-10-4-5-12-8-9-15-16-13(12)6-3-7-14(16)17(21)19(18(15)22)26-27(2,23)24;/h5-11H,3-4,12H2,1-2H3;5-9,11-12H,3-4,10H2,1-2H3;3-9H,10-11H2,1-2H3;5-10H,4H2,1-3H3;3-9H,10H2,1-2H3;1H4/b11-9+;9-8+;9-7+;11-10+;5-4+;. The zero-order valence-electron chi connectivity index (χ0n) is 77.2. The van der Waals surface area contributed by atoms with E-state index < -0.39 is 140 Å². The van der Waals surface area contributed by atoms with Crippen LogP contribution in [0.5, 0.6) is 0 Å². The molecule has 0 saturated carbocycles. The highest BCUT2D eigenvalue weighted by Gasteiger charge is 2.43. The monoisotopic (exact) mass is 2060 g/mol. The fraction of sp³-hybridized carbons (Fsp3) is 0.227. The van der Waals surface area contributed by atoms with Crippen LogP contribution in [-0.4, -0.2) is 234 Å². The van der Waals surface area contributed by atoms with Crippen molar-refractivity contribution in [3.63, 3.8) is 0 Å². The molecule has 0 saturated heterocycles. The molecule has 41 nitrogen and oxygen atoms in total. The second-order valence-electron chi connectivity index (χ2n) is 31.1. The first-order valence-electron chi connectivity index (χ1n) is 42.4. The van der Waals surface area contributed by atoms with Gasteiger partial charge < -0.3 is 28.4 Å². The SMILES string of the molecule is C.CC(=O)OC/C=C/c1ccc2c3c(cccc13)C(=O)N(OS(C)(=O)=O)C2=O.CCCCOC(=O)/C=C/c1cc2c3c(cccc3c1)C(=O)N(OS(C)(=O)=O)C2=O.CCCCOC(=O)/C=C/c1ccc2c3c(cccc13)C(=O)N(OS(C)(=O)=O)C2=O.CCOC(=O)/C=C(\C)c1ccc2c3c(cccc13)C(=O)N(OS(C)(=O)=O)C2=O.COCCOC(=O)/C=C/c1ccc2c3c(cccc13)C(=O)N(OS(C)(=O)=O)C2=O. The molecule has 0 radical (unpaired) electrons. The van der Waals surface area contributed by atoms with E-state index in [2.05, 4.69) is 21.4 Å². The van der Waals surface area contributed by atoms with Gasteiger partial charge in [-0.2, -0.15) is 42.1 Å². The Morgan fingerprint density at radius 1 is 0.322 bits per heavy atom. The quantitative estimate of drug-likeness (QED) is 0.0128. The molecule has 0 aromatic heterocycles. The number of unbranched alkanes of at least 4 members (excludes halogenated alkanes) is 2. The summed E-state index contributed by atoms with van der Waals surface area (Å²) >= 11 is 0. The molecule has 0 unspecified atom stereocenters. The van der Waals surface area contributed by atoms with Crippen LogP contribution in [0.4, 0.5) is 0 Å². The van der Waals surface area contributed by atoms with Gasteiger partial charge in [0.25, 0.3) is 110 Å². The first-order valence-corrected chi connectivity index (χ1v) is 51.5. The van der Waals surface area contributed by atoms with E-state index in [-0.39, 0.29) is 115 Å². The minimum Gasteiger partial charge on any atom is -0.463 e. The zero-order chi connectivity index (χ0) is 104. The molecule has 5 aliphatic heterocycles. The van der Waals surface area contributed by atoms with Crippen molar-refractivity contribution >= 4 is 223 Å². The summed E-state index contributed by atoms with van der Waals surface area (Å²) in [5.74, 6) is -11.2. The summed E-state index contributed by atoms with van der Waals surface area (Å²) in [5, 5.41) is 6.03. The summed E-state index contributed by atoms with van der Waals surface area (Å²) < 4.78 is 167. The molecule has 143 heavy (non-hydrogen) atoms. The molecule has 0 N–H and O–H groups in total. The predicted molar refractivity (Wildman–Crippen MR) is 516 cm³/mol. The lowest BCUT2D eigenvalue weighted by Crippen LogP contribution is -2.41. The van der Waals surface area contributed by atoms with Gasteiger partial charge in [-0.15, -0.1) is 46.7 Å². The average molecular weight is 2060 g/mol. The average Bonchev–Trinajstić information content (AvgIpc) is 0.744. The normalized spacial score (nSPS) is 14.1. The predicted octanol–water partition coefficient (Wildman–Crippen LogP) is 11.7. The number of carbonyl (C=O) groups is 15. The number of allylic oxidation sites excluding steroid dienone is 1. The Labute approximate surface area is 818 Å². The van der Waals surface area contributed by atoms with Gasteiger partial charge in [0.15, 0.2) is 0 Å². The van der Waals surface area contributed by atoms with Crippen molar-refractivity contribution in [2.75, 3.05) is 78.0 Å². The summed E-state index contributed by atoms with van der Waals surface area (Å²) in [7, 11) is -18.9. The maximum atomic E-state index is 12.8. The number of rotatable bonds is 31. The molecule has 0 fully saturated rings. The van der Waals surface area contributed by atoms with Gasteiger partial charge in [-0.25, -0.2) is 19.2 Å². The Bertz CT molecular complexity index is 7490. The molecule has 0 bridgehead atoms. The zero-order valence-corrected chi connectivity index (χ0v) is 81.3. The molecular formula is C97H91N5O36S5. The molecule has 46 heteroatoms. The van der Waals surface area contributed by atoms with Crippen molar-refractivity contribution in [3.05, 3.63) is 265 Å². The number of carbonyl (C=O) groups excluding carboxylic acids is 15. The molecule has 5 heterocycles. The number of nitrogens with zero attached hydrogens (tertiary/aromatic N) is 5. The lowest BCUT2D eigenvalue weighted by atomic mass is 9.90. The van der Waals surface area contributed by atoms with Crippen LogP contribution in [0, 0.1) is 0 Å². The molecule has 10 amide bonds. The third-order valence-electron chi connectivity index (χ3n) is 20.4. The second kappa shape index (κ2) is 46.4. The number of hydrogen-bond donors (Lipinski definition) is 0. The van der Waals surface area contributed by atoms with Gasteiger partial charge in [-0.05, 0) is 178 Å². The smallest absolute Gasteiger partial charge is 0.331 e. The molecule has 15 rings (SSSR count). The molecular weight excluding hydrogens is 1970 g/mol. The largest absolute Gasteiger partial charge is 0.463 e. The first-order chi connectivity index (χ1) is 67.0. The number of benzene rings is 10. The fourth-order valence-electron chi connectivity index (χ4n) is 14.6. The van der Waals surface area contributed by atoms with Crippen molar-refractivity contribution in [1.82, 2.24) is 25.3 Å². The molecule has 0 atom stereocenters. The van der Waals surface area contributed by atoms with E-state index in [4.69, 9.17) is 28.4 Å². The highest BCUT2D eigenvalue weighted by atomic mass is 32.2. The van der Waals surface area contributed by atoms with Crippen molar-refractivity contribution in [3.8, 4) is 0 Å². The molecule has 10 aromatic carbocycles. The number of ether oxygens (including phenoxy) is 6. The van der Waals surface area contributed by atoms with Gasteiger partial charge in [0.05, 0.1) is 113 Å². The van der Waals surface area contributed by atoms with E-state index in [1.807, 2.05) is 13.8 Å². The van der Waals surface area contributed by atoms with Crippen molar-refractivity contribution < 1.29 is 164 Å². The number of hydrogen-bond acceptors (Lipinski definition) is 36. The topological polar surface area (TPSA) is 544 Å². The molecule has 10 aromatic rings. The lowest BCUT2D eigenvalue weighted by molar-refractivity contribution is -0.140. The van der Waals surface area contributed by atoms with Crippen LogP contribution >= 0.6 is 0 Å². The molecule has 750 valence electrons. The minimum atomic E-state index is -4.09. The number of esters is 5. The van der Waals surface area contributed by atoms with Gasteiger partial charge in [0, 0.05) is 65.3 Å². The van der Waals surface area contributed by atoms with Crippen LogP contribution in [0.15, 0.2) is 182 Å². The number of amides is 10. The lowest BCUT2D eigenvalue weighted by Gasteiger charge is -2.25. The number of imide groups is 5. The Morgan fingerprint density at radius 3 is 0.972 bits per heavy atom. The fourth-order valence-corrected chi connectivity index (χ4v) is 16.7. The van der Waals surface area contributed by atoms with Gasteiger partial charge >= 0.3 is 29.8 Å². The van der Waals surface area contributed by atoms with Gasteiger partial charge in [0.1, 0.15) is 13.2 Å². The Hall–Kier alpha value is -15.2. The van der Waals surface area contributed by atoms with Gasteiger partial charge in [-0.3, -0.25) is 52.7 Å². The van der Waals surface area contributed by atoms with E-state index in [1.54, 1.807) is 123 Å². The first kappa shape index (κ1) is 110. The van der Waals surface area contributed by atoms with Crippen LogP contribution in [0.25, 0.3) is 83.7 Å². The number of hydroxylamine groups is 10. The van der Waals surface area contributed by atoms with E-state index in [1.165, 1.54) is 111 Å². The summed E-state index contributed by atoms with van der Waals surface area (Å²) in [6, 6.07) is 39.5. The van der Waals surface area contributed by atoms with Crippen LogP contribution in [0.2, 0.25) is 0 Å². The third-order valence-corrected chi connectivity index (χ3v) is 22.5. The second-order valence-corrected chi connectivity index (χ2v) is 38.8. The summed E-state index contributed by atoms with van der Waals surface area (Å²) in [6.45, 7) is 10.1. The number of methoxy groups -OCH3 is 1. The molecule has 0 aliphatic carbocycles. The maximum Gasteiger partial charge on any atom is 0.331 e. The van der Waals surface area contributed by atoms with Crippen LogP contribution in [-0.2, 0) is 124 Å². The Kier molecular flexibility index (Phi) is 35.6. The van der Waals surface area contributed by atoms with Crippen molar-refractivity contribution in [1.29, 1.82) is 0 Å². The van der Waals surface area contributed by atoms with Crippen molar-refractivity contribution in [2.45, 2.75) is 67.7 Å². The van der Waals surface area contributed by atoms with E-state index in [0.717, 1.165) is 57.0 Å². The van der Waals surface area contributed by atoms with Crippen LogP contribution in [0.3, 0.4) is 0 Å². The van der Waals surface area contributed by atoms with Crippen LogP contribution in [0.1, 0.15) is 199 Å². The van der Waals surface area contributed by atoms with Gasteiger partial charge in [0.2, 0.25) is 0 Å². The highest BCUT2D eigenvalue weighted by Crippen LogP contribution is 2.40. The third kappa shape index (κ3) is 26.7. The Morgan fingerprint density at radius 2 is 0.629 bits per heavy atom. The van der Waals surface area contributed by atoms with Gasteiger partial charge in [-0.1, -0.05) is 125 Å². The van der Waals surface area contributed by atoms with E-state index in [9.17, 15) is 114 Å². The summed E-state index contributed by atoms with van der Waals surface area (Å²) in [6.07, 6.45) is 20.1.